The maximum absolute atomic E-state index is 12.8. The average Bonchev–Trinajstić information content (AvgIpc) is 3.07. The Kier molecular flexibility index (Phi) is 6.48. The number of H-pyrrole nitrogens is 1. The minimum Gasteiger partial charge on any atom is -0.490 e. The lowest BCUT2D eigenvalue weighted by atomic mass is 10.1. The van der Waals surface area contributed by atoms with Crippen LogP contribution < -0.4 is 14.8 Å². The van der Waals surface area contributed by atoms with Gasteiger partial charge in [-0.2, -0.15) is 18.3 Å². The molecule has 0 aliphatic heterocycles. The highest BCUT2D eigenvalue weighted by atomic mass is 19.4. The largest absolute Gasteiger partial charge is 0.490 e. The predicted octanol–water partition coefficient (Wildman–Crippen LogP) is 3.20. The monoisotopic (exact) mass is 371 g/mol. The third-order valence-corrected chi connectivity index (χ3v) is 3.47. The highest BCUT2D eigenvalue weighted by Gasteiger charge is 2.37. The molecule has 0 spiro atoms. The van der Waals surface area contributed by atoms with E-state index >= 15 is 0 Å². The van der Waals surface area contributed by atoms with Crippen molar-refractivity contribution in [2.75, 3.05) is 19.8 Å². The van der Waals surface area contributed by atoms with Crippen molar-refractivity contribution in [3.63, 3.8) is 0 Å². The number of carbonyl (C=O) groups excluding carboxylic acids is 1. The Balaban J connectivity index is 1.98. The van der Waals surface area contributed by atoms with Crippen LogP contribution in [0.1, 0.15) is 35.5 Å². The van der Waals surface area contributed by atoms with Crippen LogP contribution >= 0.6 is 0 Å². The van der Waals surface area contributed by atoms with E-state index in [9.17, 15) is 18.0 Å². The molecule has 2 aromatic rings. The first-order valence-electron chi connectivity index (χ1n) is 8.14. The Bertz CT molecular complexity index is 744. The fourth-order valence-electron chi connectivity index (χ4n) is 2.34. The van der Waals surface area contributed by atoms with E-state index in [-0.39, 0.29) is 6.54 Å². The number of hydrogen-bond acceptors (Lipinski definition) is 4. The Labute approximate surface area is 148 Å². The number of carbonyl (C=O) groups is 1. The number of aromatic amines is 1. The van der Waals surface area contributed by atoms with E-state index in [1.54, 1.807) is 12.1 Å². The molecule has 142 valence electrons. The van der Waals surface area contributed by atoms with Crippen LogP contribution in [0.5, 0.6) is 11.5 Å². The Morgan fingerprint density at radius 1 is 1.19 bits per heavy atom. The minimum atomic E-state index is -4.66. The molecule has 0 aliphatic rings. The fourth-order valence-corrected chi connectivity index (χ4v) is 2.34. The van der Waals surface area contributed by atoms with E-state index < -0.39 is 23.3 Å². The summed E-state index contributed by atoms with van der Waals surface area (Å²) in [5, 5.41) is 7.57. The lowest BCUT2D eigenvalue weighted by Gasteiger charge is -2.13. The van der Waals surface area contributed by atoms with E-state index in [2.05, 4.69) is 10.4 Å². The molecule has 0 saturated carbocycles. The minimum absolute atomic E-state index is 0.168. The second-order valence-electron chi connectivity index (χ2n) is 5.31. The van der Waals surface area contributed by atoms with Gasteiger partial charge in [-0.15, -0.1) is 0 Å². The van der Waals surface area contributed by atoms with Crippen LogP contribution in [-0.4, -0.2) is 35.9 Å². The standard InChI is InChI=1S/C17H20F3N3O3/c1-3-25-13-6-5-11(9-14(13)26-4-2)7-8-21-16(24)12-10-22-23-15(12)17(18,19)20/h5-6,9-10H,3-4,7-8H2,1-2H3,(H,21,24)(H,22,23). The van der Waals surface area contributed by atoms with Gasteiger partial charge in [0.25, 0.3) is 5.91 Å². The third-order valence-electron chi connectivity index (χ3n) is 3.47. The molecule has 0 bridgehead atoms. The zero-order valence-corrected chi connectivity index (χ0v) is 14.4. The third kappa shape index (κ3) is 4.90. The summed E-state index contributed by atoms with van der Waals surface area (Å²) in [5.74, 6) is 0.379. The number of nitrogens with one attached hydrogen (secondary N) is 2. The number of amides is 1. The molecule has 0 aliphatic carbocycles. The SMILES string of the molecule is CCOc1ccc(CCNC(=O)c2cn[nH]c2C(F)(F)F)cc1OCC. The van der Waals surface area contributed by atoms with Gasteiger partial charge in [0.05, 0.1) is 25.0 Å². The number of nitrogens with zero attached hydrogens (tertiary/aromatic N) is 1. The zero-order chi connectivity index (χ0) is 19.2. The average molecular weight is 371 g/mol. The van der Waals surface area contributed by atoms with Gasteiger partial charge in [-0.05, 0) is 38.0 Å². The van der Waals surface area contributed by atoms with Crippen LogP contribution in [0.3, 0.4) is 0 Å². The van der Waals surface area contributed by atoms with Crippen molar-refractivity contribution in [1.29, 1.82) is 0 Å². The summed E-state index contributed by atoms with van der Waals surface area (Å²) in [6.07, 6.45) is -3.37. The molecular formula is C17H20F3N3O3. The number of rotatable bonds is 8. The molecule has 0 saturated heterocycles. The van der Waals surface area contributed by atoms with Gasteiger partial charge in [-0.1, -0.05) is 6.07 Å². The van der Waals surface area contributed by atoms with E-state index in [1.165, 1.54) is 0 Å². The van der Waals surface area contributed by atoms with Crippen molar-refractivity contribution in [2.24, 2.45) is 0 Å². The molecule has 1 heterocycles. The summed E-state index contributed by atoms with van der Waals surface area (Å²) in [7, 11) is 0. The first-order chi connectivity index (χ1) is 12.4. The summed E-state index contributed by atoms with van der Waals surface area (Å²) < 4.78 is 49.3. The van der Waals surface area contributed by atoms with Gasteiger partial charge in [0, 0.05) is 6.54 Å². The summed E-state index contributed by atoms with van der Waals surface area (Å²) in [6, 6.07) is 5.38. The Morgan fingerprint density at radius 2 is 1.88 bits per heavy atom. The molecule has 2 rings (SSSR count). The Hall–Kier alpha value is -2.71. The molecule has 26 heavy (non-hydrogen) atoms. The zero-order valence-electron chi connectivity index (χ0n) is 14.4. The van der Waals surface area contributed by atoms with Gasteiger partial charge in [0.15, 0.2) is 17.2 Å². The highest BCUT2D eigenvalue weighted by molar-refractivity contribution is 5.95. The number of benzene rings is 1. The lowest BCUT2D eigenvalue weighted by molar-refractivity contribution is -0.141. The quantitative estimate of drug-likeness (QED) is 0.747. The Morgan fingerprint density at radius 3 is 2.54 bits per heavy atom. The van der Waals surface area contributed by atoms with Crippen LogP contribution in [0.25, 0.3) is 0 Å². The molecule has 0 fully saturated rings. The normalized spacial score (nSPS) is 11.3. The fraction of sp³-hybridized carbons (Fsp3) is 0.412. The van der Waals surface area contributed by atoms with Gasteiger partial charge in [-0.3, -0.25) is 9.89 Å². The van der Waals surface area contributed by atoms with Gasteiger partial charge in [0.2, 0.25) is 0 Å². The summed E-state index contributed by atoms with van der Waals surface area (Å²) >= 11 is 0. The van der Waals surface area contributed by atoms with Crippen molar-refractivity contribution in [3.05, 3.63) is 41.2 Å². The molecule has 1 aromatic carbocycles. The van der Waals surface area contributed by atoms with Gasteiger partial charge >= 0.3 is 6.18 Å². The first-order valence-corrected chi connectivity index (χ1v) is 8.14. The number of aromatic nitrogens is 2. The number of halogens is 3. The molecule has 1 aromatic heterocycles. The van der Waals surface area contributed by atoms with Crippen molar-refractivity contribution in [1.82, 2.24) is 15.5 Å². The first kappa shape index (κ1) is 19.6. The van der Waals surface area contributed by atoms with Crippen LogP contribution in [0.4, 0.5) is 13.2 Å². The summed E-state index contributed by atoms with van der Waals surface area (Å²) in [5.41, 5.74) is -0.825. The van der Waals surface area contributed by atoms with Crippen LogP contribution in [0, 0.1) is 0 Å². The van der Waals surface area contributed by atoms with E-state index in [4.69, 9.17) is 9.47 Å². The summed E-state index contributed by atoms with van der Waals surface area (Å²) in [6.45, 7) is 4.86. The van der Waals surface area contributed by atoms with Crippen molar-refractivity contribution in [2.45, 2.75) is 26.4 Å². The van der Waals surface area contributed by atoms with Gasteiger partial charge in [-0.25, -0.2) is 0 Å². The van der Waals surface area contributed by atoms with Gasteiger partial charge in [0.1, 0.15) is 0 Å². The van der Waals surface area contributed by atoms with Crippen LogP contribution in [0.2, 0.25) is 0 Å². The lowest BCUT2D eigenvalue weighted by Crippen LogP contribution is -2.27. The summed E-state index contributed by atoms with van der Waals surface area (Å²) in [4.78, 5) is 12.0. The van der Waals surface area contributed by atoms with Gasteiger partial charge < -0.3 is 14.8 Å². The van der Waals surface area contributed by atoms with Crippen molar-refractivity contribution in [3.8, 4) is 11.5 Å². The number of hydrogen-bond donors (Lipinski definition) is 2. The van der Waals surface area contributed by atoms with Crippen molar-refractivity contribution < 1.29 is 27.4 Å². The smallest absolute Gasteiger partial charge is 0.433 e. The topological polar surface area (TPSA) is 76.2 Å². The molecule has 0 unspecified atom stereocenters. The molecule has 0 radical (unpaired) electrons. The number of ether oxygens (including phenoxy) is 2. The van der Waals surface area contributed by atoms with E-state index in [0.717, 1.165) is 11.8 Å². The van der Waals surface area contributed by atoms with Crippen molar-refractivity contribution >= 4 is 5.91 Å². The van der Waals surface area contributed by atoms with E-state index in [0.29, 0.717) is 31.1 Å². The molecule has 0 atom stereocenters. The maximum Gasteiger partial charge on any atom is 0.433 e. The molecule has 6 nitrogen and oxygen atoms in total. The van der Waals surface area contributed by atoms with E-state index in [1.807, 2.05) is 25.0 Å². The van der Waals surface area contributed by atoms with Crippen LogP contribution in [0.15, 0.2) is 24.4 Å². The predicted molar refractivity (Wildman–Crippen MR) is 88.4 cm³/mol. The highest BCUT2D eigenvalue weighted by Crippen LogP contribution is 2.30. The molecule has 2 N–H and O–H groups in total. The van der Waals surface area contributed by atoms with Crippen LogP contribution in [-0.2, 0) is 12.6 Å². The maximum atomic E-state index is 12.8. The molecule has 1 amide bonds. The number of alkyl halides is 3. The molecule has 9 heteroatoms. The molecular weight excluding hydrogens is 351 g/mol. The second kappa shape index (κ2) is 8.59. The second-order valence-corrected chi connectivity index (χ2v) is 5.31.